The van der Waals surface area contributed by atoms with Crippen molar-refractivity contribution in [2.75, 3.05) is 5.32 Å². The number of furan rings is 1. The summed E-state index contributed by atoms with van der Waals surface area (Å²) in [4.78, 5) is 13.7. The lowest BCUT2D eigenvalue weighted by atomic mass is 9.83. The van der Waals surface area contributed by atoms with Gasteiger partial charge in [-0.2, -0.15) is 0 Å². The van der Waals surface area contributed by atoms with Crippen LogP contribution in [0.2, 0.25) is 0 Å². The fourth-order valence-corrected chi connectivity index (χ4v) is 4.10. The highest BCUT2D eigenvalue weighted by Gasteiger charge is 2.30. The highest BCUT2D eigenvalue weighted by Crippen LogP contribution is 2.30. The fraction of sp³-hybridized carbons (Fsp3) is 0.318. The Bertz CT molecular complexity index is 1130. The number of aromatic nitrogens is 4. The molecule has 0 aliphatic heterocycles. The Kier molecular flexibility index (Phi) is 4.32. The smallest absolute Gasteiger partial charge is 0.166 e. The predicted octanol–water partition coefficient (Wildman–Crippen LogP) is 4.18. The summed E-state index contributed by atoms with van der Waals surface area (Å²) >= 11 is 0. The zero-order chi connectivity index (χ0) is 19.8. The zero-order valence-corrected chi connectivity index (χ0v) is 16.2. The maximum absolute atomic E-state index is 10.4. The second kappa shape index (κ2) is 7.00. The molecule has 5 rings (SSSR count). The van der Waals surface area contributed by atoms with Crippen molar-refractivity contribution in [1.29, 1.82) is 0 Å². The molecule has 29 heavy (non-hydrogen) atoms. The minimum atomic E-state index is -0.609. The summed E-state index contributed by atoms with van der Waals surface area (Å²) in [6.45, 7) is 1.91. The van der Waals surface area contributed by atoms with E-state index in [2.05, 4.69) is 15.3 Å². The Balaban J connectivity index is 1.47. The maximum atomic E-state index is 10.4. The van der Waals surface area contributed by atoms with Crippen molar-refractivity contribution in [2.45, 2.75) is 44.2 Å². The molecule has 4 aromatic heterocycles. The Morgan fingerprint density at radius 2 is 2.17 bits per heavy atom. The van der Waals surface area contributed by atoms with Gasteiger partial charge in [-0.05, 0) is 62.9 Å². The molecule has 0 amide bonds. The molecule has 1 aliphatic carbocycles. The van der Waals surface area contributed by atoms with Crippen LogP contribution in [0.1, 0.15) is 32.6 Å². The summed E-state index contributed by atoms with van der Waals surface area (Å²) in [5, 5.41) is 13.9. The quantitative estimate of drug-likeness (QED) is 0.544. The minimum absolute atomic E-state index is 0.216. The number of nitrogens with one attached hydrogen (secondary N) is 1. The van der Waals surface area contributed by atoms with Crippen molar-refractivity contribution in [3.05, 3.63) is 55.4 Å². The topological polar surface area (TPSA) is 89.0 Å². The van der Waals surface area contributed by atoms with Gasteiger partial charge in [-0.3, -0.25) is 9.55 Å². The van der Waals surface area contributed by atoms with Crippen molar-refractivity contribution in [2.24, 2.45) is 0 Å². The second-order valence-electron chi connectivity index (χ2n) is 8.00. The average molecular weight is 389 g/mol. The lowest BCUT2D eigenvalue weighted by Gasteiger charge is -2.34. The van der Waals surface area contributed by atoms with E-state index in [1.165, 1.54) is 0 Å². The van der Waals surface area contributed by atoms with E-state index in [1.807, 2.05) is 41.8 Å². The standard InChI is InChI=1S/C22H23N5O2/c1-22(28)8-2-3-16(12-22)25-20-5-4-18-21(26-20)27(14-24-18)17-6-9-23-19(11-17)15-7-10-29-13-15/h4-7,9-11,13-14,16,28H,2-3,8,12H2,1H3,(H,25,26). The third-order valence-electron chi connectivity index (χ3n) is 5.54. The van der Waals surface area contributed by atoms with E-state index in [4.69, 9.17) is 9.40 Å². The van der Waals surface area contributed by atoms with Crippen LogP contribution in [-0.2, 0) is 0 Å². The molecular formula is C22H23N5O2. The molecule has 2 N–H and O–H groups in total. The number of hydrogen-bond acceptors (Lipinski definition) is 6. The van der Waals surface area contributed by atoms with Crippen LogP contribution < -0.4 is 5.32 Å². The first kappa shape index (κ1) is 17.9. The molecule has 7 nitrogen and oxygen atoms in total. The largest absolute Gasteiger partial charge is 0.472 e. The van der Waals surface area contributed by atoms with Crippen LogP contribution in [0, 0.1) is 0 Å². The van der Waals surface area contributed by atoms with Gasteiger partial charge in [-0.25, -0.2) is 9.97 Å². The molecule has 1 aliphatic rings. The molecule has 7 heteroatoms. The van der Waals surface area contributed by atoms with Gasteiger partial charge in [0.1, 0.15) is 17.7 Å². The summed E-state index contributed by atoms with van der Waals surface area (Å²) in [5.41, 5.74) is 3.69. The van der Waals surface area contributed by atoms with Gasteiger partial charge in [-0.15, -0.1) is 0 Å². The van der Waals surface area contributed by atoms with Gasteiger partial charge in [0, 0.05) is 17.8 Å². The van der Waals surface area contributed by atoms with Crippen LogP contribution in [-0.4, -0.2) is 36.3 Å². The van der Waals surface area contributed by atoms with Crippen molar-refractivity contribution >= 4 is 17.0 Å². The summed E-state index contributed by atoms with van der Waals surface area (Å²) in [6.07, 6.45) is 10.5. The Hall–Kier alpha value is -3.19. The molecule has 0 aromatic carbocycles. The van der Waals surface area contributed by atoms with E-state index in [0.717, 1.165) is 59.6 Å². The van der Waals surface area contributed by atoms with E-state index < -0.39 is 5.60 Å². The molecule has 148 valence electrons. The summed E-state index contributed by atoms with van der Waals surface area (Å²) in [7, 11) is 0. The lowest BCUT2D eigenvalue weighted by molar-refractivity contribution is 0.0182. The molecular weight excluding hydrogens is 366 g/mol. The van der Waals surface area contributed by atoms with Crippen molar-refractivity contribution < 1.29 is 9.52 Å². The maximum Gasteiger partial charge on any atom is 0.166 e. The molecule has 4 heterocycles. The third-order valence-corrected chi connectivity index (χ3v) is 5.54. The van der Waals surface area contributed by atoms with Crippen molar-refractivity contribution in [3.8, 4) is 16.9 Å². The Labute approximate surface area is 168 Å². The highest BCUT2D eigenvalue weighted by molar-refractivity contribution is 5.75. The van der Waals surface area contributed by atoms with Crippen LogP contribution in [0.15, 0.2) is 59.8 Å². The van der Waals surface area contributed by atoms with Gasteiger partial charge in [0.2, 0.25) is 0 Å². The SMILES string of the molecule is CC1(O)CCCC(Nc2ccc3ncn(-c4ccnc(-c5ccoc5)c4)c3n2)C1. The summed E-state index contributed by atoms with van der Waals surface area (Å²) < 4.78 is 7.14. The molecule has 0 spiro atoms. The monoisotopic (exact) mass is 389 g/mol. The molecule has 1 fully saturated rings. The second-order valence-corrected chi connectivity index (χ2v) is 8.00. The molecule has 1 saturated carbocycles. The van der Waals surface area contributed by atoms with E-state index >= 15 is 0 Å². The highest BCUT2D eigenvalue weighted by atomic mass is 16.3. The number of anilines is 1. The van der Waals surface area contributed by atoms with Crippen LogP contribution >= 0.6 is 0 Å². The van der Waals surface area contributed by atoms with E-state index in [9.17, 15) is 5.11 Å². The number of nitrogens with zero attached hydrogens (tertiary/aromatic N) is 4. The van der Waals surface area contributed by atoms with Crippen LogP contribution in [0.3, 0.4) is 0 Å². The lowest BCUT2D eigenvalue weighted by Crippen LogP contribution is -2.38. The van der Waals surface area contributed by atoms with Gasteiger partial charge in [-0.1, -0.05) is 0 Å². The van der Waals surface area contributed by atoms with Gasteiger partial charge < -0.3 is 14.8 Å². The van der Waals surface area contributed by atoms with Crippen LogP contribution in [0.5, 0.6) is 0 Å². The molecule has 0 radical (unpaired) electrons. The number of fused-ring (bicyclic) bond motifs is 1. The van der Waals surface area contributed by atoms with E-state index in [1.54, 1.807) is 25.1 Å². The van der Waals surface area contributed by atoms with Crippen molar-refractivity contribution in [1.82, 2.24) is 19.5 Å². The molecule has 2 unspecified atom stereocenters. The summed E-state index contributed by atoms with van der Waals surface area (Å²) in [5.74, 6) is 0.797. The van der Waals surface area contributed by atoms with Crippen LogP contribution in [0.4, 0.5) is 5.82 Å². The van der Waals surface area contributed by atoms with E-state index in [0.29, 0.717) is 0 Å². The number of aliphatic hydroxyl groups is 1. The van der Waals surface area contributed by atoms with Gasteiger partial charge in [0.15, 0.2) is 5.65 Å². The number of rotatable bonds is 4. The number of pyridine rings is 2. The Morgan fingerprint density at radius 1 is 1.24 bits per heavy atom. The van der Waals surface area contributed by atoms with E-state index in [-0.39, 0.29) is 6.04 Å². The van der Waals surface area contributed by atoms with Gasteiger partial charge >= 0.3 is 0 Å². The van der Waals surface area contributed by atoms with Gasteiger partial charge in [0.05, 0.1) is 29.5 Å². The summed E-state index contributed by atoms with van der Waals surface area (Å²) in [6, 6.07) is 9.95. The van der Waals surface area contributed by atoms with Crippen molar-refractivity contribution in [3.63, 3.8) is 0 Å². The molecule has 4 aromatic rings. The number of imidazole rings is 1. The normalized spacial score (nSPS) is 22.1. The first-order valence-corrected chi connectivity index (χ1v) is 9.89. The molecule has 0 bridgehead atoms. The Morgan fingerprint density at radius 3 is 3.00 bits per heavy atom. The third kappa shape index (κ3) is 3.61. The zero-order valence-electron chi connectivity index (χ0n) is 16.2. The first-order chi connectivity index (χ1) is 14.1. The average Bonchev–Trinajstić information content (AvgIpc) is 3.37. The minimum Gasteiger partial charge on any atom is -0.472 e. The van der Waals surface area contributed by atoms with Gasteiger partial charge in [0.25, 0.3) is 0 Å². The molecule has 0 saturated heterocycles. The number of hydrogen-bond donors (Lipinski definition) is 2. The predicted molar refractivity (Wildman–Crippen MR) is 111 cm³/mol. The first-order valence-electron chi connectivity index (χ1n) is 9.89. The molecule has 2 atom stereocenters. The fourth-order valence-electron chi connectivity index (χ4n) is 4.10. The van der Waals surface area contributed by atoms with Crippen LogP contribution in [0.25, 0.3) is 28.1 Å².